The maximum Gasteiger partial charge on any atom is 0.322 e. The van der Waals surface area contributed by atoms with Gasteiger partial charge in [0.05, 0.1) is 0 Å². The van der Waals surface area contributed by atoms with Crippen LogP contribution in [0.25, 0.3) is 0 Å². The smallest absolute Gasteiger partial charge is 0.322 e. The van der Waals surface area contributed by atoms with Gasteiger partial charge >= 0.3 is 5.97 Å². The summed E-state index contributed by atoms with van der Waals surface area (Å²) in [4.78, 5) is 11.6. The molecule has 0 aliphatic heterocycles. The second-order valence-corrected chi connectivity index (χ2v) is 3.94. The third-order valence-electron chi connectivity index (χ3n) is 1.91. The third-order valence-corrected chi connectivity index (χ3v) is 2.64. The van der Waals surface area contributed by atoms with Crippen molar-refractivity contribution in [2.75, 3.05) is 18.1 Å². The first-order valence-electron chi connectivity index (χ1n) is 4.50. The van der Waals surface area contributed by atoms with Crippen LogP contribution in [0.2, 0.25) is 0 Å². The van der Waals surface area contributed by atoms with Gasteiger partial charge in [-0.1, -0.05) is 6.07 Å². The Morgan fingerprint density at radius 2 is 2.40 bits per heavy atom. The van der Waals surface area contributed by atoms with E-state index in [1.54, 1.807) is 11.8 Å². The number of hydrogen-bond donors (Lipinski definition) is 3. The van der Waals surface area contributed by atoms with Gasteiger partial charge in [0.2, 0.25) is 0 Å². The van der Waals surface area contributed by atoms with Crippen LogP contribution in [0.5, 0.6) is 0 Å². The first-order valence-corrected chi connectivity index (χ1v) is 5.72. The molecular weight excluding hydrogens is 212 g/mol. The molecule has 0 spiro atoms. The van der Waals surface area contributed by atoms with E-state index in [0.29, 0.717) is 0 Å². The lowest BCUT2D eigenvalue weighted by atomic mass is 10.3. The Labute approximate surface area is 92.9 Å². The molecule has 1 aromatic carbocycles. The Morgan fingerprint density at radius 3 is 3.00 bits per heavy atom. The van der Waals surface area contributed by atoms with Crippen LogP contribution in [0.3, 0.4) is 0 Å². The van der Waals surface area contributed by atoms with E-state index < -0.39 is 12.0 Å². The first kappa shape index (κ1) is 11.9. The average Bonchev–Trinajstić information content (AvgIpc) is 2.26. The molecule has 0 aliphatic rings. The van der Waals surface area contributed by atoms with Crippen molar-refractivity contribution in [2.45, 2.75) is 10.9 Å². The van der Waals surface area contributed by atoms with Gasteiger partial charge in [0.25, 0.3) is 0 Å². The van der Waals surface area contributed by atoms with Crippen LogP contribution in [-0.4, -0.2) is 29.9 Å². The number of aliphatic carboxylic acids is 1. The van der Waals surface area contributed by atoms with Crippen molar-refractivity contribution in [1.82, 2.24) is 0 Å². The fourth-order valence-corrected chi connectivity index (χ4v) is 1.51. The largest absolute Gasteiger partial charge is 0.480 e. The van der Waals surface area contributed by atoms with Gasteiger partial charge < -0.3 is 16.2 Å². The fourth-order valence-electron chi connectivity index (χ4n) is 1.05. The number of nitrogens with one attached hydrogen (secondary N) is 1. The Hall–Kier alpha value is -1.20. The summed E-state index contributed by atoms with van der Waals surface area (Å²) in [6.45, 7) is 0.229. The molecule has 15 heavy (non-hydrogen) atoms. The molecule has 4 nitrogen and oxygen atoms in total. The van der Waals surface area contributed by atoms with Crippen LogP contribution >= 0.6 is 11.8 Å². The minimum atomic E-state index is -0.997. The molecule has 1 rings (SSSR count). The molecule has 0 radical (unpaired) electrons. The van der Waals surface area contributed by atoms with E-state index in [9.17, 15) is 4.79 Å². The van der Waals surface area contributed by atoms with Crippen LogP contribution in [0, 0.1) is 0 Å². The zero-order valence-electron chi connectivity index (χ0n) is 8.43. The number of benzene rings is 1. The molecule has 0 saturated carbocycles. The van der Waals surface area contributed by atoms with E-state index >= 15 is 0 Å². The molecule has 1 atom stereocenters. The first-order chi connectivity index (χ1) is 7.13. The maximum absolute atomic E-state index is 10.5. The van der Waals surface area contributed by atoms with Crippen LogP contribution in [0.1, 0.15) is 0 Å². The average molecular weight is 226 g/mol. The highest BCUT2D eigenvalue weighted by molar-refractivity contribution is 7.98. The van der Waals surface area contributed by atoms with Gasteiger partial charge in [-0.15, -0.1) is 11.8 Å². The number of carbonyl (C=O) groups is 1. The summed E-state index contributed by atoms with van der Waals surface area (Å²) in [5, 5.41) is 11.6. The van der Waals surface area contributed by atoms with Gasteiger partial charge in [-0.3, -0.25) is 4.79 Å². The van der Waals surface area contributed by atoms with Gasteiger partial charge in [0, 0.05) is 17.1 Å². The number of anilines is 1. The lowest BCUT2D eigenvalue weighted by molar-refractivity contribution is -0.138. The van der Waals surface area contributed by atoms with Crippen LogP contribution in [0.4, 0.5) is 5.69 Å². The fraction of sp³-hybridized carbons (Fsp3) is 0.300. The van der Waals surface area contributed by atoms with Gasteiger partial charge in [0.15, 0.2) is 0 Å². The molecule has 0 aromatic heterocycles. The highest BCUT2D eigenvalue weighted by atomic mass is 32.2. The van der Waals surface area contributed by atoms with E-state index in [0.717, 1.165) is 10.6 Å². The van der Waals surface area contributed by atoms with Crippen molar-refractivity contribution in [3.05, 3.63) is 24.3 Å². The summed E-state index contributed by atoms with van der Waals surface area (Å²) in [7, 11) is 0. The predicted molar refractivity (Wildman–Crippen MR) is 62.3 cm³/mol. The van der Waals surface area contributed by atoms with E-state index in [-0.39, 0.29) is 6.54 Å². The lowest BCUT2D eigenvalue weighted by Crippen LogP contribution is -2.36. The number of rotatable bonds is 5. The normalized spacial score (nSPS) is 12.1. The lowest BCUT2D eigenvalue weighted by Gasteiger charge is -2.10. The van der Waals surface area contributed by atoms with Crippen molar-refractivity contribution < 1.29 is 9.90 Å². The maximum atomic E-state index is 10.5. The SMILES string of the molecule is CSc1cccc(NCC(N)C(=O)O)c1. The zero-order valence-corrected chi connectivity index (χ0v) is 9.25. The number of carboxylic acid groups (broad SMARTS) is 1. The monoisotopic (exact) mass is 226 g/mol. The number of carboxylic acids is 1. The number of nitrogens with two attached hydrogens (primary N) is 1. The molecular formula is C10H14N2O2S. The van der Waals surface area contributed by atoms with Crippen molar-refractivity contribution in [2.24, 2.45) is 5.73 Å². The highest BCUT2D eigenvalue weighted by Gasteiger charge is 2.10. The molecule has 0 heterocycles. The van der Waals surface area contributed by atoms with E-state index in [1.807, 2.05) is 30.5 Å². The van der Waals surface area contributed by atoms with Crippen molar-refractivity contribution in [3.63, 3.8) is 0 Å². The summed E-state index contributed by atoms with van der Waals surface area (Å²) in [6.07, 6.45) is 1.99. The summed E-state index contributed by atoms with van der Waals surface area (Å²) >= 11 is 1.64. The molecule has 5 heteroatoms. The van der Waals surface area contributed by atoms with E-state index in [1.165, 1.54) is 0 Å². The Bertz CT molecular complexity index is 344. The van der Waals surface area contributed by atoms with Gasteiger partial charge in [0.1, 0.15) is 6.04 Å². The van der Waals surface area contributed by atoms with Gasteiger partial charge in [-0.25, -0.2) is 0 Å². The Morgan fingerprint density at radius 1 is 1.67 bits per heavy atom. The molecule has 82 valence electrons. The predicted octanol–water partition coefficient (Wildman–Crippen LogP) is 1.23. The summed E-state index contributed by atoms with van der Waals surface area (Å²) in [6, 6.07) is 6.88. The van der Waals surface area contributed by atoms with Crippen molar-refractivity contribution >= 4 is 23.4 Å². The molecule has 1 aromatic rings. The molecule has 0 bridgehead atoms. The minimum absolute atomic E-state index is 0.229. The number of thioether (sulfide) groups is 1. The molecule has 0 saturated heterocycles. The standard InChI is InChI=1S/C10H14N2O2S/c1-15-8-4-2-3-7(5-8)12-6-9(11)10(13)14/h2-5,9,12H,6,11H2,1H3,(H,13,14). The number of hydrogen-bond acceptors (Lipinski definition) is 4. The Kier molecular flexibility index (Phi) is 4.45. The molecule has 4 N–H and O–H groups in total. The Balaban J connectivity index is 2.53. The molecule has 0 amide bonds. The van der Waals surface area contributed by atoms with Crippen LogP contribution in [-0.2, 0) is 4.79 Å². The third kappa shape index (κ3) is 3.81. The van der Waals surface area contributed by atoms with E-state index in [4.69, 9.17) is 10.8 Å². The molecule has 0 aliphatic carbocycles. The molecule has 1 unspecified atom stereocenters. The summed E-state index contributed by atoms with van der Waals surface area (Å²) in [5.41, 5.74) is 6.26. The topological polar surface area (TPSA) is 75.3 Å². The van der Waals surface area contributed by atoms with Crippen LogP contribution < -0.4 is 11.1 Å². The van der Waals surface area contributed by atoms with Gasteiger partial charge in [-0.05, 0) is 24.5 Å². The zero-order chi connectivity index (χ0) is 11.3. The second-order valence-electron chi connectivity index (χ2n) is 3.06. The summed E-state index contributed by atoms with van der Waals surface area (Å²) < 4.78 is 0. The molecule has 0 fully saturated rings. The minimum Gasteiger partial charge on any atom is -0.480 e. The van der Waals surface area contributed by atoms with Gasteiger partial charge in [-0.2, -0.15) is 0 Å². The summed E-state index contributed by atoms with van der Waals surface area (Å²) in [5.74, 6) is -0.997. The van der Waals surface area contributed by atoms with Crippen LogP contribution in [0.15, 0.2) is 29.2 Å². The van der Waals surface area contributed by atoms with Crippen molar-refractivity contribution in [1.29, 1.82) is 0 Å². The van der Waals surface area contributed by atoms with Crippen molar-refractivity contribution in [3.8, 4) is 0 Å². The quantitative estimate of drug-likeness (QED) is 0.658. The highest BCUT2D eigenvalue weighted by Crippen LogP contribution is 2.18. The van der Waals surface area contributed by atoms with E-state index in [2.05, 4.69) is 5.32 Å². The second kappa shape index (κ2) is 5.63.